The van der Waals surface area contributed by atoms with Crippen LogP contribution in [0.4, 0.5) is 0 Å². The first-order chi connectivity index (χ1) is 13.2. The zero-order valence-corrected chi connectivity index (χ0v) is 16.3. The lowest BCUT2D eigenvalue weighted by atomic mass is 9.88. The molecule has 0 aliphatic heterocycles. The van der Waals surface area contributed by atoms with Gasteiger partial charge in [-0.15, -0.1) is 0 Å². The van der Waals surface area contributed by atoms with E-state index < -0.39 is 0 Å². The molecule has 2 aromatic carbocycles. The first-order valence-electron chi connectivity index (χ1n) is 10.0. The standard InChI is InChI=1S/C25H28O2/c1-18(2)7-5-8-19-13-15-20(16-14-19)17-26-23-11-6-12-24-25(23)21-9-3-4-10-22(21)27-24/h3-4,6-7,9-13,20H,5,8,14-17H2,1-2H3. The van der Waals surface area contributed by atoms with Crippen LogP contribution in [-0.4, -0.2) is 6.61 Å². The van der Waals surface area contributed by atoms with Gasteiger partial charge in [0.15, 0.2) is 0 Å². The zero-order valence-electron chi connectivity index (χ0n) is 16.3. The van der Waals surface area contributed by atoms with Gasteiger partial charge in [0.1, 0.15) is 16.9 Å². The predicted octanol–water partition coefficient (Wildman–Crippen LogP) is 7.44. The number of rotatable bonds is 6. The number of fused-ring (bicyclic) bond motifs is 3. The summed E-state index contributed by atoms with van der Waals surface area (Å²) in [6, 6.07) is 14.3. The van der Waals surface area contributed by atoms with Crippen molar-refractivity contribution in [3.63, 3.8) is 0 Å². The Bertz CT molecular complexity index is 986. The van der Waals surface area contributed by atoms with E-state index in [1.807, 2.05) is 24.3 Å². The molecule has 27 heavy (non-hydrogen) atoms. The molecule has 140 valence electrons. The Kier molecular flexibility index (Phi) is 5.33. The lowest BCUT2D eigenvalue weighted by molar-refractivity contribution is 0.239. The molecule has 0 radical (unpaired) electrons. The highest BCUT2D eigenvalue weighted by molar-refractivity contribution is 6.08. The third kappa shape index (κ3) is 4.10. The number of ether oxygens (including phenoxy) is 1. The van der Waals surface area contributed by atoms with Crippen molar-refractivity contribution in [1.82, 2.24) is 0 Å². The minimum absolute atomic E-state index is 0.602. The van der Waals surface area contributed by atoms with E-state index in [-0.39, 0.29) is 0 Å². The Morgan fingerprint density at radius 2 is 1.96 bits per heavy atom. The normalized spacial score (nSPS) is 17.1. The summed E-state index contributed by atoms with van der Waals surface area (Å²) < 4.78 is 12.2. The summed E-state index contributed by atoms with van der Waals surface area (Å²) in [4.78, 5) is 0. The van der Waals surface area contributed by atoms with Crippen LogP contribution < -0.4 is 4.74 Å². The van der Waals surface area contributed by atoms with Crippen LogP contribution in [-0.2, 0) is 0 Å². The predicted molar refractivity (Wildman–Crippen MR) is 113 cm³/mol. The number of para-hydroxylation sites is 1. The van der Waals surface area contributed by atoms with Gasteiger partial charge in [0.2, 0.25) is 0 Å². The molecule has 3 aromatic rings. The summed E-state index contributed by atoms with van der Waals surface area (Å²) in [7, 11) is 0. The van der Waals surface area contributed by atoms with Crippen LogP contribution >= 0.6 is 0 Å². The number of benzene rings is 2. The van der Waals surface area contributed by atoms with Crippen molar-refractivity contribution in [2.24, 2.45) is 5.92 Å². The topological polar surface area (TPSA) is 22.4 Å². The van der Waals surface area contributed by atoms with E-state index in [1.54, 1.807) is 5.57 Å². The Balaban J connectivity index is 1.41. The van der Waals surface area contributed by atoms with E-state index in [1.165, 1.54) is 31.3 Å². The largest absolute Gasteiger partial charge is 0.492 e. The van der Waals surface area contributed by atoms with Gasteiger partial charge in [-0.25, -0.2) is 0 Å². The number of hydrogen-bond donors (Lipinski definition) is 0. The highest BCUT2D eigenvalue weighted by atomic mass is 16.5. The average molecular weight is 360 g/mol. The van der Waals surface area contributed by atoms with Crippen molar-refractivity contribution in [3.8, 4) is 5.75 Å². The number of hydrogen-bond acceptors (Lipinski definition) is 2. The molecule has 1 atom stereocenters. The Labute approximate surface area is 161 Å². The summed E-state index contributed by atoms with van der Waals surface area (Å²) >= 11 is 0. The summed E-state index contributed by atoms with van der Waals surface area (Å²) in [6.07, 6.45) is 10.7. The van der Waals surface area contributed by atoms with Gasteiger partial charge in [-0.1, -0.05) is 47.6 Å². The second kappa shape index (κ2) is 8.04. The van der Waals surface area contributed by atoms with Gasteiger partial charge in [0.25, 0.3) is 0 Å². The Morgan fingerprint density at radius 1 is 1.11 bits per heavy atom. The molecule has 0 N–H and O–H groups in total. The SMILES string of the molecule is CC(C)=CCCC1=CCC(COc2cccc3oc4ccccc4c23)CC1. The van der Waals surface area contributed by atoms with Crippen molar-refractivity contribution in [2.75, 3.05) is 6.61 Å². The molecular weight excluding hydrogens is 332 g/mol. The molecule has 1 aromatic heterocycles. The fourth-order valence-corrected chi connectivity index (χ4v) is 3.94. The van der Waals surface area contributed by atoms with Crippen molar-refractivity contribution in [3.05, 3.63) is 65.8 Å². The zero-order chi connectivity index (χ0) is 18.6. The summed E-state index contributed by atoms with van der Waals surface area (Å²) in [6.45, 7) is 5.12. The van der Waals surface area contributed by atoms with Crippen molar-refractivity contribution >= 4 is 21.9 Å². The van der Waals surface area contributed by atoms with Gasteiger partial charge in [-0.2, -0.15) is 0 Å². The van der Waals surface area contributed by atoms with E-state index in [4.69, 9.17) is 9.15 Å². The van der Waals surface area contributed by atoms with Crippen LogP contribution in [0.2, 0.25) is 0 Å². The smallest absolute Gasteiger partial charge is 0.139 e. The van der Waals surface area contributed by atoms with Gasteiger partial charge in [-0.05, 0) is 70.1 Å². The first kappa shape index (κ1) is 17.9. The Morgan fingerprint density at radius 3 is 2.78 bits per heavy atom. The molecule has 2 heteroatoms. The van der Waals surface area contributed by atoms with E-state index in [2.05, 4.69) is 44.2 Å². The lowest BCUT2D eigenvalue weighted by Crippen LogP contribution is -2.15. The minimum Gasteiger partial charge on any atom is -0.492 e. The van der Waals surface area contributed by atoms with E-state index in [9.17, 15) is 0 Å². The average Bonchev–Trinajstić information content (AvgIpc) is 3.06. The molecule has 0 saturated carbocycles. The highest BCUT2D eigenvalue weighted by Crippen LogP contribution is 2.36. The van der Waals surface area contributed by atoms with Gasteiger partial charge in [0, 0.05) is 5.39 Å². The maximum Gasteiger partial charge on any atom is 0.139 e. The molecule has 1 aliphatic rings. The third-order valence-corrected chi connectivity index (χ3v) is 5.47. The van der Waals surface area contributed by atoms with E-state index in [0.29, 0.717) is 5.92 Å². The second-order valence-corrected chi connectivity index (χ2v) is 7.86. The monoisotopic (exact) mass is 360 g/mol. The lowest BCUT2D eigenvalue weighted by Gasteiger charge is -2.22. The molecule has 4 rings (SSSR count). The molecule has 1 unspecified atom stereocenters. The molecule has 1 heterocycles. The van der Waals surface area contributed by atoms with Crippen molar-refractivity contribution in [2.45, 2.75) is 46.0 Å². The summed E-state index contributed by atoms with van der Waals surface area (Å²) in [5.41, 5.74) is 4.86. The maximum atomic E-state index is 6.27. The molecule has 0 bridgehead atoms. The second-order valence-electron chi connectivity index (χ2n) is 7.86. The molecule has 2 nitrogen and oxygen atoms in total. The molecule has 0 amide bonds. The first-order valence-corrected chi connectivity index (χ1v) is 10.0. The van der Waals surface area contributed by atoms with Gasteiger partial charge in [0.05, 0.1) is 12.0 Å². The molecule has 0 saturated heterocycles. The Hall–Kier alpha value is -2.48. The van der Waals surface area contributed by atoms with Crippen molar-refractivity contribution in [1.29, 1.82) is 0 Å². The molecular formula is C25H28O2. The van der Waals surface area contributed by atoms with Crippen molar-refractivity contribution < 1.29 is 9.15 Å². The van der Waals surface area contributed by atoms with Crippen LogP contribution in [0.3, 0.4) is 0 Å². The summed E-state index contributed by atoms with van der Waals surface area (Å²) in [5.74, 6) is 1.54. The molecule has 1 aliphatic carbocycles. The maximum absolute atomic E-state index is 6.27. The van der Waals surface area contributed by atoms with E-state index in [0.717, 1.165) is 40.7 Å². The van der Waals surface area contributed by atoms with Crippen LogP contribution in [0.1, 0.15) is 46.0 Å². The van der Waals surface area contributed by atoms with Crippen LogP contribution in [0, 0.1) is 5.92 Å². The van der Waals surface area contributed by atoms with Crippen LogP contribution in [0.15, 0.2) is 70.2 Å². The van der Waals surface area contributed by atoms with Gasteiger partial charge < -0.3 is 9.15 Å². The quantitative estimate of drug-likeness (QED) is 0.426. The molecule has 0 fully saturated rings. The number of furan rings is 1. The third-order valence-electron chi connectivity index (χ3n) is 5.47. The highest BCUT2D eigenvalue weighted by Gasteiger charge is 2.17. The molecule has 0 spiro atoms. The van der Waals surface area contributed by atoms with Gasteiger partial charge in [-0.3, -0.25) is 0 Å². The van der Waals surface area contributed by atoms with Gasteiger partial charge >= 0.3 is 0 Å². The summed E-state index contributed by atoms with van der Waals surface area (Å²) in [5, 5.41) is 2.23. The van der Waals surface area contributed by atoms with Crippen LogP contribution in [0.5, 0.6) is 5.75 Å². The fourth-order valence-electron chi connectivity index (χ4n) is 3.94. The van der Waals surface area contributed by atoms with Crippen LogP contribution in [0.25, 0.3) is 21.9 Å². The van der Waals surface area contributed by atoms with E-state index >= 15 is 0 Å². The fraction of sp³-hybridized carbons (Fsp3) is 0.360. The number of allylic oxidation sites excluding steroid dienone is 4. The minimum atomic E-state index is 0.602.